The van der Waals surface area contributed by atoms with Crippen LogP contribution in [0.1, 0.15) is 13.8 Å². The van der Waals surface area contributed by atoms with Crippen molar-refractivity contribution in [2.24, 2.45) is 5.41 Å². The van der Waals surface area contributed by atoms with Crippen LogP contribution in [0.4, 0.5) is 5.69 Å². The first kappa shape index (κ1) is 13.6. The molecule has 0 aliphatic rings. The third-order valence-corrected chi connectivity index (χ3v) is 2.61. The third-order valence-electron chi connectivity index (χ3n) is 2.31. The van der Waals surface area contributed by atoms with Gasteiger partial charge in [0.25, 0.3) is 0 Å². The van der Waals surface area contributed by atoms with Crippen LogP contribution < -0.4 is 10.5 Å². The topological polar surface area (TPSA) is 61.5 Å². The van der Waals surface area contributed by atoms with Crippen molar-refractivity contribution in [1.29, 1.82) is 0 Å². The van der Waals surface area contributed by atoms with Crippen molar-refractivity contribution in [3.05, 3.63) is 23.2 Å². The van der Waals surface area contributed by atoms with Crippen LogP contribution in [0.15, 0.2) is 18.2 Å². The van der Waals surface area contributed by atoms with Gasteiger partial charge in [-0.1, -0.05) is 17.7 Å². The molecular formula is C12H16ClNO3. The van der Waals surface area contributed by atoms with Gasteiger partial charge in [-0.15, -0.1) is 0 Å². The lowest BCUT2D eigenvalue weighted by atomic mass is 9.95. The van der Waals surface area contributed by atoms with E-state index in [0.717, 1.165) is 0 Å². The summed E-state index contributed by atoms with van der Waals surface area (Å²) in [7, 11) is 1.34. The summed E-state index contributed by atoms with van der Waals surface area (Å²) in [5.74, 6) is 0.0502. The van der Waals surface area contributed by atoms with Gasteiger partial charge in [0, 0.05) is 0 Å². The average molecular weight is 258 g/mol. The second kappa shape index (κ2) is 5.27. The number of ether oxygens (including phenoxy) is 2. The predicted octanol–water partition coefficient (Wildman–Crippen LogP) is 2.50. The number of methoxy groups -OCH3 is 1. The number of rotatable bonds is 4. The van der Waals surface area contributed by atoms with Crippen molar-refractivity contribution < 1.29 is 14.3 Å². The van der Waals surface area contributed by atoms with Gasteiger partial charge in [0.15, 0.2) is 5.75 Å². The van der Waals surface area contributed by atoms with Crippen LogP contribution in [0.2, 0.25) is 5.02 Å². The zero-order valence-corrected chi connectivity index (χ0v) is 10.9. The quantitative estimate of drug-likeness (QED) is 0.665. The van der Waals surface area contributed by atoms with E-state index in [0.29, 0.717) is 16.5 Å². The van der Waals surface area contributed by atoms with E-state index in [2.05, 4.69) is 4.74 Å². The second-order valence-electron chi connectivity index (χ2n) is 4.32. The molecule has 94 valence electrons. The summed E-state index contributed by atoms with van der Waals surface area (Å²) in [5, 5.41) is 0.422. The summed E-state index contributed by atoms with van der Waals surface area (Å²) < 4.78 is 10.2. The van der Waals surface area contributed by atoms with Gasteiger partial charge in [0.1, 0.15) is 6.61 Å². The highest BCUT2D eigenvalue weighted by Gasteiger charge is 2.30. The average Bonchev–Trinajstić information content (AvgIpc) is 2.27. The van der Waals surface area contributed by atoms with E-state index in [1.54, 1.807) is 32.0 Å². The monoisotopic (exact) mass is 257 g/mol. The number of halogens is 1. The van der Waals surface area contributed by atoms with Gasteiger partial charge in [0.2, 0.25) is 0 Å². The molecule has 1 aromatic carbocycles. The fourth-order valence-corrected chi connectivity index (χ4v) is 1.50. The zero-order chi connectivity index (χ0) is 13.1. The smallest absolute Gasteiger partial charge is 0.314 e. The maximum Gasteiger partial charge on any atom is 0.314 e. The van der Waals surface area contributed by atoms with Gasteiger partial charge >= 0.3 is 5.97 Å². The van der Waals surface area contributed by atoms with Crippen LogP contribution >= 0.6 is 11.6 Å². The van der Waals surface area contributed by atoms with Crippen LogP contribution in [0.3, 0.4) is 0 Å². The molecule has 0 saturated carbocycles. The number of anilines is 1. The molecule has 4 nitrogen and oxygen atoms in total. The number of benzene rings is 1. The molecule has 1 rings (SSSR count). The zero-order valence-electron chi connectivity index (χ0n) is 10.1. The number of carbonyl (C=O) groups is 1. The van der Waals surface area contributed by atoms with Gasteiger partial charge in [-0.05, 0) is 26.0 Å². The Balaban J connectivity index is 2.77. The van der Waals surface area contributed by atoms with Gasteiger partial charge in [-0.2, -0.15) is 0 Å². The molecule has 0 heterocycles. The summed E-state index contributed by atoms with van der Waals surface area (Å²) >= 11 is 5.95. The van der Waals surface area contributed by atoms with Crippen molar-refractivity contribution in [2.45, 2.75) is 13.8 Å². The Morgan fingerprint density at radius 2 is 2.12 bits per heavy atom. The van der Waals surface area contributed by atoms with Gasteiger partial charge in [0.05, 0.1) is 23.2 Å². The van der Waals surface area contributed by atoms with Crippen molar-refractivity contribution in [1.82, 2.24) is 0 Å². The van der Waals surface area contributed by atoms with Crippen molar-refractivity contribution in [2.75, 3.05) is 19.5 Å². The summed E-state index contributed by atoms with van der Waals surface area (Å²) in [5.41, 5.74) is 5.43. The molecule has 2 N–H and O–H groups in total. The number of esters is 1. The van der Waals surface area contributed by atoms with E-state index in [-0.39, 0.29) is 12.6 Å². The molecule has 0 atom stereocenters. The highest BCUT2D eigenvalue weighted by molar-refractivity contribution is 6.32. The molecular weight excluding hydrogens is 242 g/mol. The Labute approximate surface area is 106 Å². The lowest BCUT2D eigenvalue weighted by Gasteiger charge is -2.22. The summed E-state index contributed by atoms with van der Waals surface area (Å²) in [6, 6.07) is 5.10. The Bertz CT molecular complexity index is 398. The summed E-state index contributed by atoms with van der Waals surface area (Å²) in [6.45, 7) is 3.60. The van der Waals surface area contributed by atoms with E-state index in [1.807, 2.05) is 0 Å². The van der Waals surface area contributed by atoms with Gasteiger partial charge in [-0.3, -0.25) is 4.79 Å². The first-order valence-corrected chi connectivity index (χ1v) is 5.51. The highest BCUT2D eigenvalue weighted by atomic mass is 35.5. The Kier molecular flexibility index (Phi) is 4.23. The van der Waals surface area contributed by atoms with Gasteiger partial charge in [-0.25, -0.2) is 0 Å². The standard InChI is InChI=1S/C12H16ClNO3/c1-12(2,11(15)16-3)7-17-10-8(13)5-4-6-9(10)14/h4-6H,7,14H2,1-3H3. The number of hydrogen-bond donors (Lipinski definition) is 1. The molecule has 5 heteroatoms. The Hall–Kier alpha value is -1.42. The first-order valence-electron chi connectivity index (χ1n) is 5.13. The van der Waals surface area contributed by atoms with Crippen LogP contribution in [0.5, 0.6) is 5.75 Å². The second-order valence-corrected chi connectivity index (χ2v) is 4.73. The normalized spacial score (nSPS) is 11.1. The number of carbonyl (C=O) groups excluding carboxylic acids is 1. The van der Waals surface area contributed by atoms with Crippen molar-refractivity contribution in [3.8, 4) is 5.75 Å². The molecule has 0 amide bonds. The molecule has 0 fully saturated rings. The minimum Gasteiger partial charge on any atom is -0.489 e. The molecule has 1 aromatic rings. The largest absolute Gasteiger partial charge is 0.489 e. The molecule has 0 aliphatic heterocycles. The summed E-state index contributed by atoms with van der Waals surface area (Å²) in [4.78, 5) is 11.5. The molecule has 0 unspecified atom stereocenters. The lowest BCUT2D eigenvalue weighted by Crippen LogP contribution is -2.32. The van der Waals surface area contributed by atoms with E-state index < -0.39 is 5.41 Å². The SMILES string of the molecule is COC(=O)C(C)(C)COc1c(N)cccc1Cl. The Morgan fingerprint density at radius 3 is 2.65 bits per heavy atom. The number of nitrogen functional groups attached to an aromatic ring is 1. The fraction of sp³-hybridized carbons (Fsp3) is 0.417. The number of para-hydroxylation sites is 1. The van der Waals surface area contributed by atoms with E-state index in [4.69, 9.17) is 22.1 Å². The molecule has 0 saturated heterocycles. The molecule has 0 bridgehead atoms. The molecule has 17 heavy (non-hydrogen) atoms. The molecule has 0 aromatic heterocycles. The fourth-order valence-electron chi connectivity index (χ4n) is 1.27. The maximum atomic E-state index is 11.5. The Morgan fingerprint density at radius 1 is 1.47 bits per heavy atom. The third kappa shape index (κ3) is 3.27. The maximum absolute atomic E-state index is 11.5. The molecule has 0 radical (unpaired) electrons. The van der Waals surface area contributed by atoms with Crippen LogP contribution in [0.25, 0.3) is 0 Å². The number of hydrogen-bond acceptors (Lipinski definition) is 4. The van der Waals surface area contributed by atoms with Crippen molar-refractivity contribution >= 4 is 23.3 Å². The highest BCUT2D eigenvalue weighted by Crippen LogP contribution is 2.32. The van der Waals surface area contributed by atoms with Crippen LogP contribution in [-0.2, 0) is 9.53 Å². The lowest BCUT2D eigenvalue weighted by molar-refractivity contribution is -0.152. The van der Waals surface area contributed by atoms with E-state index in [9.17, 15) is 4.79 Å². The van der Waals surface area contributed by atoms with E-state index in [1.165, 1.54) is 7.11 Å². The summed E-state index contributed by atoms with van der Waals surface area (Å²) in [6.07, 6.45) is 0. The van der Waals surface area contributed by atoms with Crippen LogP contribution in [-0.4, -0.2) is 19.7 Å². The minimum absolute atomic E-state index is 0.146. The molecule has 0 aliphatic carbocycles. The van der Waals surface area contributed by atoms with Crippen molar-refractivity contribution in [3.63, 3.8) is 0 Å². The predicted molar refractivity (Wildman–Crippen MR) is 67.2 cm³/mol. The molecule has 0 spiro atoms. The van der Waals surface area contributed by atoms with E-state index >= 15 is 0 Å². The first-order chi connectivity index (χ1) is 7.88. The minimum atomic E-state index is -0.750. The van der Waals surface area contributed by atoms with Gasteiger partial charge < -0.3 is 15.2 Å². The number of nitrogens with two attached hydrogens (primary N) is 1. The van der Waals surface area contributed by atoms with Crippen LogP contribution in [0, 0.1) is 5.41 Å².